The van der Waals surface area contributed by atoms with E-state index in [4.69, 9.17) is 8.97 Å². The lowest BCUT2D eigenvalue weighted by atomic mass is 10.0. The summed E-state index contributed by atoms with van der Waals surface area (Å²) in [6, 6.07) is 8.71. The maximum atomic E-state index is 10.9. The molecule has 0 spiro atoms. The Labute approximate surface area is 93.3 Å². The van der Waals surface area contributed by atoms with E-state index in [1.807, 2.05) is 0 Å². The van der Waals surface area contributed by atoms with Gasteiger partial charge < -0.3 is 4.42 Å². The molecule has 0 aliphatic carbocycles. The molecule has 0 unspecified atom stereocenters. The van der Waals surface area contributed by atoms with E-state index in [-0.39, 0.29) is 0 Å². The number of benzene rings is 1. The van der Waals surface area contributed by atoms with E-state index in [9.17, 15) is 8.42 Å². The fourth-order valence-electron chi connectivity index (χ4n) is 1.54. The van der Waals surface area contributed by atoms with Crippen LogP contribution in [0, 0.1) is 0 Å². The van der Waals surface area contributed by atoms with E-state index in [0.29, 0.717) is 5.56 Å². The first kappa shape index (κ1) is 10.9. The van der Waals surface area contributed by atoms with Gasteiger partial charge in [0.1, 0.15) is 5.75 Å². The molecule has 1 heterocycles. The monoisotopic (exact) mass is 238 g/mol. The smallest absolute Gasteiger partial charge is 0.269 e. The van der Waals surface area contributed by atoms with Gasteiger partial charge in [-0.15, -0.1) is 0 Å². The van der Waals surface area contributed by atoms with Crippen LogP contribution in [0.15, 0.2) is 47.3 Å². The zero-order valence-electron chi connectivity index (χ0n) is 8.33. The molecule has 4 nitrogen and oxygen atoms in total. The van der Waals surface area contributed by atoms with Crippen LogP contribution in [0.4, 0.5) is 0 Å². The molecule has 0 fully saturated rings. The second-order valence-electron chi connectivity index (χ2n) is 3.40. The summed E-state index contributed by atoms with van der Waals surface area (Å²) in [6.45, 7) is 0. The molecule has 0 aliphatic rings. The highest BCUT2D eigenvalue weighted by Crippen LogP contribution is 2.25. The van der Waals surface area contributed by atoms with Crippen LogP contribution in [0.25, 0.3) is 11.1 Å². The average molecular weight is 238 g/mol. The SMILES string of the molecule is O=S(=O)(O)Cc1ccccc1-c1ccoc1. The predicted octanol–water partition coefficient (Wildman–Crippen LogP) is 2.33. The lowest BCUT2D eigenvalue weighted by Gasteiger charge is -2.05. The van der Waals surface area contributed by atoms with E-state index in [0.717, 1.165) is 11.1 Å². The van der Waals surface area contributed by atoms with Gasteiger partial charge in [0.05, 0.1) is 12.5 Å². The molecule has 0 atom stereocenters. The first-order valence-corrected chi connectivity index (χ1v) is 6.23. The summed E-state index contributed by atoms with van der Waals surface area (Å²) in [7, 11) is -4.02. The molecule has 1 aromatic carbocycles. The van der Waals surface area contributed by atoms with Crippen molar-refractivity contribution in [3.8, 4) is 11.1 Å². The largest absolute Gasteiger partial charge is 0.472 e. The second-order valence-corrected chi connectivity index (χ2v) is 4.85. The van der Waals surface area contributed by atoms with Gasteiger partial charge in [-0.2, -0.15) is 8.42 Å². The Morgan fingerprint density at radius 1 is 1.19 bits per heavy atom. The Morgan fingerprint density at radius 3 is 2.56 bits per heavy atom. The van der Waals surface area contributed by atoms with Crippen LogP contribution in [0.2, 0.25) is 0 Å². The van der Waals surface area contributed by atoms with Gasteiger partial charge in [-0.25, -0.2) is 0 Å². The first-order valence-electron chi connectivity index (χ1n) is 4.62. The van der Waals surface area contributed by atoms with Gasteiger partial charge in [0.25, 0.3) is 10.1 Å². The van der Waals surface area contributed by atoms with E-state index >= 15 is 0 Å². The molecule has 0 radical (unpaired) electrons. The Hall–Kier alpha value is -1.59. The van der Waals surface area contributed by atoms with Gasteiger partial charge in [0.15, 0.2) is 0 Å². The first-order chi connectivity index (χ1) is 7.56. The van der Waals surface area contributed by atoms with Crippen LogP contribution >= 0.6 is 0 Å². The van der Waals surface area contributed by atoms with Crippen molar-refractivity contribution in [2.45, 2.75) is 5.75 Å². The maximum absolute atomic E-state index is 10.9. The van der Waals surface area contributed by atoms with E-state index in [2.05, 4.69) is 0 Å². The second kappa shape index (κ2) is 4.11. The summed E-state index contributed by atoms with van der Waals surface area (Å²) in [4.78, 5) is 0. The molecule has 1 N–H and O–H groups in total. The quantitative estimate of drug-likeness (QED) is 0.833. The molecule has 5 heteroatoms. The van der Waals surface area contributed by atoms with Crippen molar-refractivity contribution in [3.05, 3.63) is 48.4 Å². The molecule has 0 bridgehead atoms. The van der Waals surface area contributed by atoms with E-state index < -0.39 is 15.9 Å². The van der Waals surface area contributed by atoms with Crippen molar-refractivity contribution >= 4 is 10.1 Å². The van der Waals surface area contributed by atoms with Gasteiger partial charge in [0.2, 0.25) is 0 Å². The summed E-state index contributed by atoms with van der Waals surface area (Å²) >= 11 is 0. The normalized spacial score (nSPS) is 11.6. The van der Waals surface area contributed by atoms with Crippen molar-refractivity contribution in [1.29, 1.82) is 0 Å². The molecule has 0 amide bonds. The van der Waals surface area contributed by atoms with Crippen molar-refractivity contribution in [1.82, 2.24) is 0 Å². The number of hydrogen-bond acceptors (Lipinski definition) is 3. The minimum absolute atomic E-state index is 0.394. The van der Waals surface area contributed by atoms with Crippen LogP contribution in [0.1, 0.15) is 5.56 Å². The summed E-state index contributed by atoms with van der Waals surface area (Å²) in [6.07, 6.45) is 3.04. The highest BCUT2D eigenvalue weighted by Gasteiger charge is 2.12. The molecular weight excluding hydrogens is 228 g/mol. The van der Waals surface area contributed by atoms with Gasteiger partial charge in [-0.05, 0) is 17.2 Å². The summed E-state index contributed by atoms with van der Waals surface area (Å²) < 4.78 is 35.5. The average Bonchev–Trinajstić information content (AvgIpc) is 2.69. The van der Waals surface area contributed by atoms with Gasteiger partial charge in [-0.1, -0.05) is 24.3 Å². The summed E-state index contributed by atoms with van der Waals surface area (Å²) in [5.41, 5.74) is 2.08. The third-order valence-corrected chi connectivity index (χ3v) is 2.86. The Kier molecular flexibility index (Phi) is 2.80. The van der Waals surface area contributed by atoms with Crippen molar-refractivity contribution in [2.24, 2.45) is 0 Å². The summed E-state index contributed by atoms with van der Waals surface area (Å²) in [5.74, 6) is -0.394. The topological polar surface area (TPSA) is 67.5 Å². The van der Waals surface area contributed by atoms with Crippen LogP contribution in [-0.2, 0) is 15.9 Å². The van der Waals surface area contributed by atoms with Gasteiger partial charge in [0, 0.05) is 5.56 Å². The fraction of sp³-hybridized carbons (Fsp3) is 0.0909. The number of furan rings is 1. The van der Waals surface area contributed by atoms with Crippen LogP contribution in [0.3, 0.4) is 0 Å². The number of hydrogen-bond donors (Lipinski definition) is 1. The van der Waals surface area contributed by atoms with E-state index in [1.165, 1.54) is 12.5 Å². The van der Waals surface area contributed by atoms with Crippen molar-refractivity contribution < 1.29 is 17.4 Å². The molecular formula is C11H10O4S. The molecule has 0 saturated carbocycles. The Bertz CT molecular complexity index is 570. The molecule has 2 aromatic rings. The molecule has 0 saturated heterocycles. The molecule has 84 valence electrons. The zero-order valence-corrected chi connectivity index (χ0v) is 9.15. The minimum Gasteiger partial charge on any atom is -0.472 e. The highest BCUT2D eigenvalue weighted by atomic mass is 32.2. The number of rotatable bonds is 3. The van der Waals surface area contributed by atoms with Crippen molar-refractivity contribution in [3.63, 3.8) is 0 Å². The third-order valence-electron chi connectivity index (χ3n) is 2.19. The van der Waals surface area contributed by atoms with Crippen molar-refractivity contribution in [2.75, 3.05) is 0 Å². The molecule has 16 heavy (non-hydrogen) atoms. The van der Waals surface area contributed by atoms with Crippen LogP contribution < -0.4 is 0 Å². The molecule has 0 aliphatic heterocycles. The maximum Gasteiger partial charge on any atom is 0.269 e. The lowest BCUT2D eigenvalue weighted by Crippen LogP contribution is -2.02. The van der Waals surface area contributed by atoms with Gasteiger partial charge >= 0.3 is 0 Å². The minimum atomic E-state index is -4.02. The van der Waals surface area contributed by atoms with Gasteiger partial charge in [-0.3, -0.25) is 4.55 Å². The van der Waals surface area contributed by atoms with E-state index in [1.54, 1.807) is 30.3 Å². The highest BCUT2D eigenvalue weighted by molar-refractivity contribution is 7.85. The van der Waals surface area contributed by atoms with Crippen LogP contribution in [-0.4, -0.2) is 13.0 Å². The van der Waals surface area contributed by atoms with Crippen LogP contribution in [0.5, 0.6) is 0 Å². The molecule has 1 aromatic heterocycles. The Morgan fingerprint density at radius 2 is 1.94 bits per heavy atom. The Balaban J connectivity index is 2.47. The fourth-order valence-corrected chi connectivity index (χ4v) is 2.19. The standard InChI is InChI=1S/C11H10O4S/c12-16(13,14)8-10-3-1-2-4-11(10)9-5-6-15-7-9/h1-7H,8H2,(H,12,13,14). The third kappa shape index (κ3) is 2.50. The lowest BCUT2D eigenvalue weighted by molar-refractivity contribution is 0.482. The zero-order chi connectivity index (χ0) is 11.6. The molecule has 2 rings (SSSR count). The predicted molar refractivity (Wildman–Crippen MR) is 59.4 cm³/mol. The summed E-state index contributed by atoms with van der Waals surface area (Å²) in [5, 5.41) is 0.